The lowest BCUT2D eigenvalue weighted by atomic mass is 10.2. The zero-order valence-corrected chi connectivity index (χ0v) is 21.8. The van der Waals surface area contributed by atoms with Crippen molar-refractivity contribution in [2.75, 3.05) is 5.32 Å². The molecule has 3 aromatic carbocycles. The van der Waals surface area contributed by atoms with Gasteiger partial charge in [-0.25, -0.2) is 4.98 Å². The van der Waals surface area contributed by atoms with Crippen LogP contribution < -0.4 is 10.6 Å². The van der Waals surface area contributed by atoms with E-state index in [9.17, 15) is 4.79 Å². The Balaban J connectivity index is 1.51. The van der Waals surface area contributed by atoms with Crippen molar-refractivity contribution in [3.8, 4) is 11.5 Å². The number of carbonyl (C=O) groups excluding carboxylic acids is 1. The van der Waals surface area contributed by atoms with Gasteiger partial charge in [0.1, 0.15) is 5.52 Å². The maximum absolute atomic E-state index is 12.4. The fourth-order valence-corrected chi connectivity index (χ4v) is 4.41. The van der Waals surface area contributed by atoms with Crippen molar-refractivity contribution in [3.05, 3.63) is 77.8 Å². The summed E-state index contributed by atoms with van der Waals surface area (Å²) in [7, 11) is 0. The first kappa shape index (κ1) is 21.7. The minimum atomic E-state index is -0.264. The van der Waals surface area contributed by atoms with Crippen molar-refractivity contribution >= 4 is 101 Å². The highest BCUT2D eigenvalue weighted by atomic mass is 127. The molecule has 5 nitrogen and oxygen atoms in total. The van der Waals surface area contributed by atoms with E-state index in [1.165, 1.54) is 0 Å². The van der Waals surface area contributed by atoms with E-state index >= 15 is 0 Å². The summed E-state index contributed by atoms with van der Waals surface area (Å²) < 4.78 is 8.88. The fraction of sp³-hybridized carbons (Fsp3) is 0. The molecule has 0 aliphatic heterocycles. The lowest BCUT2D eigenvalue weighted by Gasteiger charge is -2.09. The van der Waals surface area contributed by atoms with Crippen molar-refractivity contribution in [2.24, 2.45) is 0 Å². The number of thiocarbonyl (C=S) groups is 1. The van der Waals surface area contributed by atoms with E-state index in [0.717, 1.165) is 17.2 Å². The molecule has 150 valence electrons. The number of nitrogens with zero attached hydrogens (tertiary/aromatic N) is 1. The second kappa shape index (κ2) is 9.28. The molecule has 0 saturated heterocycles. The van der Waals surface area contributed by atoms with E-state index in [4.69, 9.17) is 16.6 Å². The van der Waals surface area contributed by atoms with Gasteiger partial charge in [0.15, 0.2) is 10.7 Å². The number of anilines is 1. The normalized spacial score (nSPS) is 10.8. The van der Waals surface area contributed by atoms with Crippen LogP contribution in [-0.4, -0.2) is 16.0 Å². The molecule has 0 bridgehead atoms. The molecule has 9 heteroatoms. The number of amides is 1. The van der Waals surface area contributed by atoms with Crippen LogP contribution in [0.15, 0.2) is 69.6 Å². The molecular weight excluding hydrogens is 692 g/mol. The molecule has 0 atom stereocenters. The van der Waals surface area contributed by atoms with Gasteiger partial charge in [0.2, 0.25) is 5.89 Å². The van der Waals surface area contributed by atoms with Crippen molar-refractivity contribution in [1.29, 1.82) is 0 Å². The molecule has 30 heavy (non-hydrogen) atoms. The third-order valence-electron chi connectivity index (χ3n) is 4.12. The number of fused-ring (bicyclic) bond motifs is 1. The Morgan fingerprint density at radius 3 is 2.63 bits per heavy atom. The molecule has 4 aromatic rings. The van der Waals surface area contributed by atoms with Gasteiger partial charge in [0, 0.05) is 22.9 Å². The van der Waals surface area contributed by atoms with Crippen LogP contribution in [0.1, 0.15) is 10.4 Å². The van der Waals surface area contributed by atoms with Gasteiger partial charge in [-0.05, 0) is 128 Å². The fourth-order valence-electron chi connectivity index (χ4n) is 2.75. The average Bonchev–Trinajstić information content (AvgIpc) is 3.12. The molecule has 2 N–H and O–H groups in total. The topological polar surface area (TPSA) is 67.2 Å². The van der Waals surface area contributed by atoms with E-state index in [1.54, 1.807) is 12.1 Å². The lowest BCUT2D eigenvalue weighted by Crippen LogP contribution is -2.34. The highest BCUT2D eigenvalue weighted by Crippen LogP contribution is 2.32. The van der Waals surface area contributed by atoms with Crippen LogP contribution in [-0.2, 0) is 0 Å². The monoisotopic (exact) mass is 703 g/mol. The Morgan fingerprint density at radius 1 is 1.03 bits per heavy atom. The zero-order valence-electron chi connectivity index (χ0n) is 15.1. The summed E-state index contributed by atoms with van der Waals surface area (Å²) in [5.74, 6) is 0.265. The molecule has 0 radical (unpaired) electrons. The summed E-state index contributed by atoms with van der Waals surface area (Å²) in [4.78, 5) is 17.0. The van der Waals surface area contributed by atoms with Crippen LogP contribution in [0, 0.1) is 7.14 Å². The number of oxazole rings is 1. The molecule has 0 spiro atoms. The van der Waals surface area contributed by atoms with E-state index in [1.807, 2.05) is 48.5 Å². The lowest BCUT2D eigenvalue weighted by molar-refractivity contribution is 0.0977. The summed E-state index contributed by atoms with van der Waals surface area (Å²) in [6, 6.07) is 18.7. The maximum atomic E-state index is 12.4. The number of hydrogen-bond acceptors (Lipinski definition) is 4. The van der Waals surface area contributed by atoms with Crippen molar-refractivity contribution in [2.45, 2.75) is 0 Å². The smallest absolute Gasteiger partial charge is 0.257 e. The van der Waals surface area contributed by atoms with Crippen molar-refractivity contribution in [1.82, 2.24) is 10.3 Å². The third-order valence-corrected chi connectivity index (χ3v) is 6.36. The molecule has 0 aliphatic rings. The van der Waals surface area contributed by atoms with Crippen molar-refractivity contribution < 1.29 is 9.21 Å². The van der Waals surface area contributed by atoms with Gasteiger partial charge in [-0.3, -0.25) is 10.1 Å². The van der Waals surface area contributed by atoms with E-state index in [0.29, 0.717) is 28.2 Å². The largest absolute Gasteiger partial charge is 0.436 e. The Bertz CT molecular complexity index is 1290. The highest BCUT2D eigenvalue weighted by Gasteiger charge is 2.13. The molecule has 0 fully saturated rings. The highest BCUT2D eigenvalue weighted by molar-refractivity contribution is 14.1. The van der Waals surface area contributed by atoms with E-state index < -0.39 is 0 Å². The molecule has 0 unspecified atom stereocenters. The Kier molecular flexibility index (Phi) is 6.70. The van der Waals surface area contributed by atoms with Crippen LogP contribution in [0.4, 0.5) is 5.69 Å². The number of carbonyl (C=O) groups is 1. The van der Waals surface area contributed by atoms with Crippen LogP contribution in [0.25, 0.3) is 22.6 Å². The molecule has 1 amide bonds. The van der Waals surface area contributed by atoms with Crippen LogP contribution >= 0.6 is 73.3 Å². The Labute approximate surface area is 213 Å². The second-order valence-corrected chi connectivity index (χ2v) is 10.00. The van der Waals surface area contributed by atoms with Gasteiger partial charge in [0.05, 0.1) is 5.56 Å². The average molecular weight is 704 g/mol. The van der Waals surface area contributed by atoms with Gasteiger partial charge in [-0.2, -0.15) is 0 Å². The third kappa shape index (κ3) is 5.01. The molecule has 0 saturated carbocycles. The second-order valence-electron chi connectivity index (χ2n) is 6.24. The minimum absolute atomic E-state index is 0.210. The summed E-state index contributed by atoms with van der Waals surface area (Å²) in [5.41, 5.74) is 3.48. The Hall–Kier alpha value is -1.57. The van der Waals surface area contributed by atoms with Crippen LogP contribution in [0.5, 0.6) is 0 Å². The standard InChI is InChI=1S/C21H12BrI2N3O2S/c22-16-6-4-13(24)9-15(16)20-26-17-10-14(5-7-18(17)29-20)25-21(30)27-19(28)11-2-1-3-12(23)8-11/h1-10H,(H2,25,27,28,30). The predicted octanol–water partition coefficient (Wildman–Crippen LogP) is 6.59. The molecular formula is C21H12BrI2N3O2S. The predicted molar refractivity (Wildman–Crippen MR) is 143 cm³/mol. The number of rotatable bonds is 3. The first-order chi connectivity index (χ1) is 14.4. The number of hydrogen-bond donors (Lipinski definition) is 2. The number of halogens is 3. The summed E-state index contributed by atoms with van der Waals surface area (Å²) in [6.45, 7) is 0. The van der Waals surface area contributed by atoms with Gasteiger partial charge in [0.25, 0.3) is 5.91 Å². The summed E-state index contributed by atoms with van der Waals surface area (Å²) >= 11 is 13.2. The van der Waals surface area contributed by atoms with E-state index in [-0.39, 0.29) is 11.0 Å². The van der Waals surface area contributed by atoms with Gasteiger partial charge in [-0.1, -0.05) is 6.07 Å². The minimum Gasteiger partial charge on any atom is -0.436 e. The summed E-state index contributed by atoms with van der Waals surface area (Å²) in [5, 5.41) is 5.93. The first-order valence-corrected chi connectivity index (χ1v) is 12.0. The van der Waals surface area contributed by atoms with Gasteiger partial charge in [-0.15, -0.1) is 0 Å². The SMILES string of the molecule is O=C(NC(=S)Nc1ccc2oc(-c3cc(I)ccc3Br)nc2c1)c1cccc(I)c1. The molecule has 1 aromatic heterocycles. The quantitative estimate of drug-likeness (QED) is 0.186. The molecule has 0 aliphatic carbocycles. The van der Waals surface area contributed by atoms with Gasteiger partial charge < -0.3 is 9.73 Å². The van der Waals surface area contributed by atoms with Crippen LogP contribution in [0.2, 0.25) is 0 Å². The van der Waals surface area contributed by atoms with E-state index in [2.05, 4.69) is 76.7 Å². The molecule has 1 heterocycles. The number of nitrogens with one attached hydrogen (secondary N) is 2. The number of benzene rings is 3. The maximum Gasteiger partial charge on any atom is 0.257 e. The van der Waals surface area contributed by atoms with Crippen LogP contribution in [0.3, 0.4) is 0 Å². The van der Waals surface area contributed by atoms with Crippen molar-refractivity contribution in [3.63, 3.8) is 0 Å². The number of aromatic nitrogens is 1. The first-order valence-electron chi connectivity index (χ1n) is 8.63. The summed E-state index contributed by atoms with van der Waals surface area (Å²) in [6.07, 6.45) is 0. The Morgan fingerprint density at radius 2 is 1.83 bits per heavy atom. The zero-order chi connectivity index (χ0) is 21.3. The molecule has 4 rings (SSSR count). The van der Waals surface area contributed by atoms with Gasteiger partial charge >= 0.3 is 0 Å².